The number of rotatable bonds is 6. The largest absolute Gasteiger partial charge is 0.465 e. The van der Waals surface area contributed by atoms with Crippen LogP contribution in [0.1, 0.15) is 21.5 Å². The van der Waals surface area contributed by atoms with Crippen LogP contribution < -0.4 is 9.64 Å². The lowest BCUT2D eigenvalue weighted by molar-refractivity contribution is -0.385. The first-order valence-electron chi connectivity index (χ1n) is 8.99. The zero-order chi connectivity index (χ0) is 21.8. The van der Waals surface area contributed by atoms with E-state index in [-0.39, 0.29) is 17.3 Å². The van der Waals surface area contributed by atoms with Gasteiger partial charge in [0.05, 0.1) is 23.3 Å². The Morgan fingerprint density at radius 2 is 1.83 bits per heavy atom. The Balaban J connectivity index is 2.08. The smallest absolute Gasteiger partial charge is 0.373 e. The van der Waals surface area contributed by atoms with Gasteiger partial charge in [0.25, 0.3) is 0 Å². The van der Waals surface area contributed by atoms with E-state index in [1.54, 1.807) is 43.4 Å². The third kappa shape index (κ3) is 4.04. The highest BCUT2D eigenvalue weighted by atomic mass is 16.6. The van der Waals surface area contributed by atoms with Crippen LogP contribution in [0, 0.1) is 24.0 Å². The normalized spacial score (nSPS) is 10.4. The molecule has 0 aliphatic heterocycles. The highest BCUT2D eigenvalue weighted by Crippen LogP contribution is 2.39. The number of nitrogens with zero attached hydrogens (tertiary/aromatic N) is 4. The van der Waals surface area contributed by atoms with Gasteiger partial charge in [-0.3, -0.25) is 10.1 Å². The first-order chi connectivity index (χ1) is 14.3. The van der Waals surface area contributed by atoms with Crippen LogP contribution in [0.2, 0.25) is 0 Å². The zero-order valence-corrected chi connectivity index (χ0v) is 16.9. The lowest BCUT2D eigenvalue weighted by Gasteiger charge is -2.20. The molecule has 0 radical (unpaired) electrons. The van der Waals surface area contributed by atoms with Crippen molar-refractivity contribution in [2.45, 2.75) is 13.8 Å². The van der Waals surface area contributed by atoms with E-state index in [9.17, 15) is 14.9 Å². The topological polar surface area (TPSA) is 108 Å². The first kappa shape index (κ1) is 20.7. The molecule has 2 aromatic carbocycles. The molecular weight excluding hydrogens is 388 g/mol. The van der Waals surface area contributed by atoms with Crippen molar-refractivity contribution in [3.05, 3.63) is 75.6 Å². The molecule has 0 N–H and O–H groups in total. The molecule has 9 nitrogen and oxygen atoms in total. The molecule has 3 rings (SSSR count). The summed E-state index contributed by atoms with van der Waals surface area (Å²) >= 11 is 0. The van der Waals surface area contributed by atoms with E-state index in [4.69, 9.17) is 9.47 Å². The van der Waals surface area contributed by atoms with Crippen molar-refractivity contribution < 1.29 is 19.2 Å². The molecule has 3 aromatic rings. The van der Waals surface area contributed by atoms with Crippen LogP contribution in [-0.4, -0.2) is 35.0 Å². The molecule has 1 aromatic heterocycles. The number of aryl methyl sites for hydroxylation is 2. The Hall–Kier alpha value is -4.01. The van der Waals surface area contributed by atoms with Gasteiger partial charge >= 0.3 is 17.5 Å². The molecule has 0 unspecified atom stereocenters. The van der Waals surface area contributed by atoms with Gasteiger partial charge < -0.3 is 14.4 Å². The highest BCUT2D eigenvalue weighted by Gasteiger charge is 2.29. The molecule has 1 heterocycles. The maximum Gasteiger partial charge on any atom is 0.373 e. The fraction of sp³-hybridized carbons (Fsp3) is 0.190. The van der Waals surface area contributed by atoms with E-state index in [1.807, 2.05) is 19.9 Å². The summed E-state index contributed by atoms with van der Waals surface area (Å²) in [6, 6.07) is 11.9. The van der Waals surface area contributed by atoms with Gasteiger partial charge in [-0.2, -0.15) is 4.98 Å². The molecule has 0 aliphatic carbocycles. The second-order valence-corrected chi connectivity index (χ2v) is 6.52. The van der Waals surface area contributed by atoms with Crippen molar-refractivity contribution in [3.63, 3.8) is 0 Å². The highest BCUT2D eigenvalue weighted by molar-refractivity contribution is 5.97. The van der Waals surface area contributed by atoms with Crippen LogP contribution in [0.5, 0.6) is 11.6 Å². The Bertz CT molecular complexity index is 1120. The summed E-state index contributed by atoms with van der Waals surface area (Å²) in [6.07, 6.45) is 1.18. The summed E-state index contributed by atoms with van der Waals surface area (Å²) in [7, 11) is 2.83. The molecule has 0 saturated carbocycles. The minimum Gasteiger partial charge on any atom is -0.465 e. The van der Waals surface area contributed by atoms with Crippen molar-refractivity contribution in [2.24, 2.45) is 0 Å². The average molecular weight is 408 g/mol. The molecule has 0 fully saturated rings. The number of benzene rings is 2. The number of hydrogen-bond donors (Lipinski definition) is 0. The maximum atomic E-state index is 12.1. The predicted molar refractivity (Wildman–Crippen MR) is 111 cm³/mol. The lowest BCUT2D eigenvalue weighted by Crippen LogP contribution is -2.18. The van der Waals surface area contributed by atoms with Gasteiger partial charge in [0.15, 0.2) is 0 Å². The van der Waals surface area contributed by atoms with Crippen LogP contribution >= 0.6 is 0 Å². The number of anilines is 2. The Labute approximate surface area is 173 Å². The number of para-hydroxylation sites is 1. The zero-order valence-electron chi connectivity index (χ0n) is 16.9. The van der Waals surface area contributed by atoms with E-state index in [1.165, 1.54) is 18.3 Å². The fourth-order valence-electron chi connectivity index (χ4n) is 2.89. The van der Waals surface area contributed by atoms with Crippen molar-refractivity contribution in [3.8, 4) is 11.6 Å². The Morgan fingerprint density at radius 1 is 1.10 bits per heavy atom. The SMILES string of the molecule is COC(=O)c1ccccc1N(C)c1ncnc(Oc2ccc(C)c(C)c2)c1[N+](=O)[O-]. The van der Waals surface area contributed by atoms with Gasteiger partial charge in [0.2, 0.25) is 5.82 Å². The lowest BCUT2D eigenvalue weighted by atomic mass is 10.1. The van der Waals surface area contributed by atoms with Crippen molar-refractivity contribution in [2.75, 3.05) is 19.1 Å². The third-order valence-electron chi connectivity index (χ3n) is 4.63. The summed E-state index contributed by atoms with van der Waals surface area (Å²) < 4.78 is 10.5. The van der Waals surface area contributed by atoms with Crippen LogP contribution in [0.4, 0.5) is 17.2 Å². The fourth-order valence-corrected chi connectivity index (χ4v) is 2.89. The monoisotopic (exact) mass is 408 g/mol. The van der Waals surface area contributed by atoms with E-state index in [0.717, 1.165) is 11.1 Å². The number of nitro groups is 1. The van der Waals surface area contributed by atoms with E-state index >= 15 is 0 Å². The van der Waals surface area contributed by atoms with Crippen LogP contribution in [0.15, 0.2) is 48.8 Å². The summed E-state index contributed by atoms with van der Waals surface area (Å²) in [6.45, 7) is 3.87. The summed E-state index contributed by atoms with van der Waals surface area (Å²) in [5.74, 6) is -0.370. The van der Waals surface area contributed by atoms with Gasteiger partial charge in [-0.05, 0) is 49.2 Å². The quantitative estimate of drug-likeness (QED) is 0.337. The van der Waals surface area contributed by atoms with E-state index in [0.29, 0.717) is 11.4 Å². The molecule has 0 bridgehead atoms. The second kappa shape index (κ2) is 8.56. The number of ether oxygens (including phenoxy) is 2. The second-order valence-electron chi connectivity index (χ2n) is 6.52. The maximum absolute atomic E-state index is 12.1. The van der Waals surface area contributed by atoms with Gasteiger partial charge in [-0.1, -0.05) is 18.2 Å². The van der Waals surface area contributed by atoms with Gasteiger partial charge in [-0.25, -0.2) is 9.78 Å². The molecule has 0 atom stereocenters. The van der Waals surface area contributed by atoms with Gasteiger partial charge in [-0.15, -0.1) is 0 Å². The average Bonchev–Trinajstić information content (AvgIpc) is 2.75. The number of aromatic nitrogens is 2. The summed E-state index contributed by atoms with van der Waals surface area (Å²) in [5.41, 5.74) is 2.26. The third-order valence-corrected chi connectivity index (χ3v) is 4.63. The van der Waals surface area contributed by atoms with Gasteiger partial charge in [0, 0.05) is 7.05 Å². The molecule has 0 saturated heterocycles. The molecule has 154 valence electrons. The standard InChI is InChI=1S/C21H20N4O5/c1-13-9-10-15(11-14(13)2)30-20-18(25(27)28)19(22-12-23-20)24(3)17-8-6-5-7-16(17)21(26)29-4/h5-12H,1-4H3. The Kier molecular flexibility index (Phi) is 5.91. The van der Waals surface area contributed by atoms with Crippen molar-refractivity contribution in [1.82, 2.24) is 9.97 Å². The van der Waals surface area contributed by atoms with Crippen molar-refractivity contribution in [1.29, 1.82) is 0 Å². The number of methoxy groups -OCH3 is 1. The minimum absolute atomic E-state index is 0.0230. The number of hydrogen-bond acceptors (Lipinski definition) is 8. The molecule has 0 spiro atoms. The molecule has 0 aliphatic rings. The van der Waals surface area contributed by atoms with Crippen LogP contribution in [-0.2, 0) is 4.74 Å². The van der Waals surface area contributed by atoms with E-state index < -0.39 is 16.6 Å². The van der Waals surface area contributed by atoms with Crippen molar-refractivity contribution >= 4 is 23.2 Å². The molecular formula is C21H20N4O5. The van der Waals surface area contributed by atoms with Gasteiger partial charge in [0.1, 0.15) is 12.1 Å². The number of carbonyl (C=O) groups is 1. The van der Waals surface area contributed by atoms with Crippen LogP contribution in [0.25, 0.3) is 0 Å². The summed E-state index contributed by atoms with van der Waals surface area (Å²) in [4.78, 5) is 32.9. The van der Waals surface area contributed by atoms with E-state index in [2.05, 4.69) is 9.97 Å². The minimum atomic E-state index is -0.608. The van der Waals surface area contributed by atoms with Crippen LogP contribution in [0.3, 0.4) is 0 Å². The summed E-state index contributed by atoms with van der Waals surface area (Å²) in [5, 5.41) is 11.9. The predicted octanol–water partition coefficient (Wildman–Crippen LogP) is 4.35. The molecule has 0 amide bonds. The molecule has 9 heteroatoms. The Morgan fingerprint density at radius 3 is 2.50 bits per heavy atom. The number of esters is 1. The first-order valence-corrected chi connectivity index (χ1v) is 8.99. The number of carbonyl (C=O) groups excluding carboxylic acids is 1. The molecule has 30 heavy (non-hydrogen) atoms.